The Morgan fingerprint density at radius 2 is 1.67 bits per heavy atom. The Bertz CT molecular complexity index is 496. The lowest BCUT2D eigenvalue weighted by atomic mass is 10.1. The van der Waals surface area contributed by atoms with Gasteiger partial charge >= 0.3 is 0 Å². The minimum atomic E-state index is 0.0480. The predicted octanol–water partition coefficient (Wildman–Crippen LogP) is 2.99. The summed E-state index contributed by atoms with van der Waals surface area (Å²) < 4.78 is 16.5. The summed E-state index contributed by atoms with van der Waals surface area (Å²) in [4.78, 5) is 0. The molecule has 0 atom stereocenters. The van der Waals surface area contributed by atoms with E-state index in [0.29, 0.717) is 23.9 Å². The second-order valence-electron chi connectivity index (χ2n) is 5.65. The molecule has 0 saturated heterocycles. The van der Waals surface area contributed by atoms with E-state index in [0.717, 1.165) is 12.1 Å². The van der Waals surface area contributed by atoms with Crippen molar-refractivity contribution in [2.45, 2.75) is 39.8 Å². The van der Waals surface area contributed by atoms with Gasteiger partial charge in [-0.25, -0.2) is 0 Å². The summed E-state index contributed by atoms with van der Waals surface area (Å²) in [5.74, 6) is 7.55. The number of benzene rings is 1. The first-order valence-electron chi connectivity index (χ1n) is 6.93. The molecule has 0 heterocycles. The van der Waals surface area contributed by atoms with Gasteiger partial charge in [0.25, 0.3) is 0 Å². The van der Waals surface area contributed by atoms with E-state index in [4.69, 9.17) is 14.2 Å². The quantitative estimate of drug-likeness (QED) is 0.818. The van der Waals surface area contributed by atoms with E-state index >= 15 is 0 Å². The summed E-state index contributed by atoms with van der Waals surface area (Å²) in [5.41, 5.74) is 1.12. The fourth-order valence-corrected chi connectivity index (χ4v) is 1.73. The van der Waals surface area contributed by atoms with Crippen molar-refractivity contribution >= 4 is 0 Å². The zero-order chi connectivity index (χ0) is 15.9. The van der Waals surface area contributed by atoms with Crippen molar-refractivity contribution in [2.75, 3.05) is 20.8 Å². The Labute approximate surface area is 127 Å². The largest absolute Gasteiger partial charge is 0.493 e. The highest BCUT2D eigenvalue weighted by atomic mass is 16.5. The molecule has 0 aliphatic carbocycles. The van der Waals surface area contributed by atoms with Crippen molar-refractivity contribution in [3.8, 4) is 29.1 Å². The third-order valence-corrected chi connectivity index (χ3v) is 2.81. The Hall–Kier alpha value is -1.86. The monoisotopic (exact) mass is 291 g/mol. The van der Waals surface area contributed by atoms with Crippen LogP contribution in [0.4, 0.5) is 0 Å². The van der Waals surface area contributed by atoms with Crippen LogP contribution in [0.1, 0.15) is 33.3 Å². The molecule has 1 N–H and O–H groups in total. The van der Waals surface area contributed by atoms with Gasteiger partial charge in [-0.05, 0) is 45.4 Å². The van der Waals surface area contributed by atoms with Gasteiger partial charge in [-0.2, -0.15) is 0 Å². The second kappa shape index (κ2) is 7.80. The maximum Gasteiger partial charge on any atom is 0.204 e. The Morgan fingerprint density at radius 1 is 1.10 bits per heavy atom. The van der Waals surface area contributed by atoms with Gasteiger partial charge in [-0.3, -0.25) is 0 Å². The van der Waals surface area contributed by atoms with E-state index in [9.17, 15) is 0 Å². The normalized spacial score (nSPS) is 10.6. The van der Waals surface area contributed by atoms with E-state index in [-0.39, 0.29) is 5.54 Å². The van der Waals surface area contributed by atoms with E-state index in [1.165, 1.54) is 0 Å². The summed E-state index contributed by atoms with van der Waals surface area (Å²) in [6, 6.07) is 3.91. The van der Waals surface area contributed by atoms with Gasteiger partial charge in [0.2, 0.25) is 5.75 Å². The minimum absolute atomic E-state index is 0.0480. The van der Waals surface area contributed by atoms with Crippen LogP contribution in [-0.4, -0.2) is 26.4 Å². The zero-order valence-corrected chi connectivity index (χ0v) is 13.8. The summed E-state index contributed by atoms with van der Waals surface area (Å²) in [7, 11) is 3.24. The molecular weight excluding hydrogens is 266 g/mol. The Kier molecular flexibility index (Phi) is 6.39. The minimum Gasteiger partial charge on any atom is -0.493 e. The molecule has 0 bridgehead atoms. The van der Waals surface area contributed by atoms with Crippen LogP contribution in [0, 0.1) is 11.8 Å². The van der Waals surface area contributed by atoms with Crippen molar-refractivity contribution in [3.05, 3.63) is 17.7 Å². The summed E-state index contributed by atoms with van der Waals surface area (Å²) in [6.45, 7) is 9.19. The average molecular weight is 291 g/mol. The van der Waals surface area contributed by atoms with Crippen LogP contribution in [0.3, 0.4) is 0 Å². The molecule has 116 valence electrons. The van der Waals surface area contributed by atoms with E-state index in [1.807, 2.05) is 12.1 Å². The average Bonchev–Trinajstić information content (AvgIpc) is 2.44. The predicted molar refractivity (Wildman–Crippen MR) is 85.1 cm³/mol. The second-order valence-corrected chi connectivity index (χ2v) is 5.65. The van der Waals surface area contributed by atoms with Crippen molar-refractivity contribution < 1.29 is 14.2 Å². The molecular formula is C17H25NO3. The fourth-order valence-electron chi connectivity index (χ4n) is 1.73. The van der Waals surface area contributed by atoms with Crippen LogP contribution in [-0.2, 0) is 6.54 Å². The van der Waals surface area contributed by atoms with E-state index in [1.54, 1.807) is 21.1 Å². The molecule has 0 aliphatic rings. The van der Waals surface area contributed by atoms with Crippen LogP contribution in [0.25, 0.3) is 0 Å². The molecule has 0 aliphatic heterocycles. The molecule has 21 heavy (non-hydrogen) atoms. The first kappa shape index (κ1) is 17.2. The highest BCUT2D eigenvalue weighted by Crippen LogP contribution is 2.38. The van der Waals surface area contributed by atoms with Crippen LogP contribution in [0.2, 0.25) is 0 Å². The first-order valence-corrected chi connectivity index (χ1v) is 6.93. The molecule has 4 nitrogen and oxygen atoms in total. The van der Waals surface area contributed by atoms with E-state index < -0.39 is 0 Å². The standard InChI is InChI=1S/C17H25NO3/c1-7-8-9-21-16-14(19-5)10-13(11-15(16)20-6)12-18-17(2,3)4/h10-11,18H,9,12H2,1-6H3. The van der Waals surface area contributed by atoms with Gasteiger partial charge in [-0.1, -0.05) is 5.92 Å². The third kappa shape index (κ3) is 5.57. The van der Waals surface area contributed by atoms with Crippen molar-refractivity contribution in [1.29, 1.82) is 0 Å². The maximum absolute atomic E-state index is 5.65. The summed E-state index contributed by atoms with van der Waals surface area (Å²) in [6.07, 6.45) is 0. The van der Waals surface area contributed by atoms with Crippen LogP contribution in [0.15, 0.2) is 12.1 Å². The molecule has 0 saturated carbocycles. The maximum atomic E-state index is 5.65. The molecule has 0 amide bonds. The smallest absolute Gasteiger partial charge is 0.204 e. The van der Waals surface area contributed by atoms with E-state index in [2.05, 4.69) is 37.9 Å². The molecule has 0 aromatic heterocycles. The topological polar surface area (TPSA) is 39.7 Å². The SMILES string of the molecule is CC#CCOc1c(OC)cc(CNC(C)(C)C)cc1OC. The van der Waals surface area contributed by atoms with Gasteiger partial charge in [0, 0.05) is 12.1 Å². The molecule has 0 spiro atoms. The van der Waals surface area contributed by atoms with Gasteiger partial charge in [-0.15, -0.1) is 5.92 Å². The molecule has 1 rings (SSSR count). The van der Waals surface area contributed by atoms with Gasteiger partial charge < -0.3 is 19.5 Å². The molecule has 0 unspecified atom stereocenters. The lowest BCUT2D eigenvalue weighted by Gasteiger charge is -2.21. The zero-order valence-electron chi connectivity index (χ0n) is 13.8. The number of hydrogen-bond acceptors (Lipinski definition) is 4. The third-order valence-electron chi connectivity index (χ3n) is 2.81. The van der Waals surface area contributed by atoms with Crippen molar-refractivity contribution in [1.82, 2.24) is 5.32 Å². The number of hydrogen-bond donors (Lipinski definition) is 1. The number of methoxy groups -OCH3 is 2. The van der Waals surface area contributed by atoms with Gasteiger partial charge in [0.1, 0.15) is 6.61 Å². The summed E-state index contributed by atoms with van der Waals surface area (Å²) in [5, 5.41) is 3.44. The first-order chi connectivity index (χ1) is 9.91. The van der Waals surface area contributed by atoms with Crippen LogP contribution >= 0.6 is 0 Å². The van der Waals surface area contributed by atoms with Crippen molar-refractivity contribution in [3.63, 3.8) is 0 Å². The molecule has 4 heteroatoms. The Morgan fingerprint density at radius 3 is 2.10 bits per heavy atom. The summed E-state index contributed by atoms with van der Waals surface area (Å²) >= 11 is 0. The molecule has 0 fully saturated rings. The Balaban J connectivity index is 3.01. The van der Waals surface area contributed by atoms with Crippen LogP contribution < -0.4 is 19.5 Å². The van der Waals surface area contributed by atoms with Crippen molar-refractivity contribution in [2.24, 2.45) is 0 Å². The van der Waals surface area contributed by atoms with Gasteiger partial charge in [0.05, 0.1) is 14.2 Å². The molecule has 1 aromatic carbocycles. The van der Waals surface area contributed by atoms with Crippen LogP contribution in [0.5, 0.6) is 17.2 Å². The number of nitrogens with one attached hydrogen (secondary N) is 1. The number of ether oxygens (including phenoxy) is 3. The highest BCUT2D eigenvalue weighted by Gasteiger charge is 2.15. The lowest BCUT2D eigenvalue weighted by Crippen LogP contribution is -2.35. The fraction of sp³-hybridized carbons (Fsp3) is 0.529. The molecule has 1 aromatic rings. The lowest BCUT2D eigenvalue weighted by molar-refractivity contribution is 0.303. The highest BCUT2D eigenvalue weighted by molar-refractivity contribution is 5.54. The van der Waals surface area contributed by atoms with Gasteiger partial charge in [0.15, 0.2) is 11.5 Å². The molecule has 0 radical (unpaired) electrons. The number of rotatable bonds is 6.